The van der Waals surface area contributed by atoms with E-state index in [1.807, 2.05) is 26.8 Å². The van der Waals surface area contributed by atoms with Gasteiger partial charge in [0.2, 0.25) is 0 Å². The number of hydrogen-bond acceptors (Lipinski definition) is 5. The van der Waals surface area contributed by atoms with E-state index in [4.69, 9.17) is 0 Å². The van der Waals surface area contributed by atoms with Gasteiger partial charge in [0.1, 0.15) is 0 Å². The van der Waals surface area contributed by atoms with E-state index in [9.17, 15) is 4.79 Å². The first kappa shape index (κ1) is 20.8. The Morgan fingerprint density at radius 2 is 1.72 bits per heavy atom. The van der Waals surface area contributed by atoms with Gasteiger partial charge in [0.15, 0.2) is 5.16 Å². The molecule has 0 spiro atoms. The highest BCUT2D eigenvalue weighted by atomic mass is 32.2. The minimum absolute atomic E-state index is 0.193. The number of nitrogens with one attached hydrogen (secondary N) is 1. The van der Waals surface area contributed by atoms with E-state index in [1.165, 1.54) is 17.3 Å². The Labute approximate surface area is 175 Å². The molecule has 0 radical (unpaired) electrons. The number of hydrazone groups is 1. The van der Waals surface area contributed by atoms with Crippen LogP contribution < -0.4 is 5.43 Å². The summed E-state index contributed by atoms with van der Waals surface area (Å²) in [6, 6.07) is 12.4. The largest absolute Gasteiger partial charge is 0.318 e. The molecule has 0 bridgehead atoms. The average molecular weight is 408 g/mol. The normalized spacial score (nSPS) is 11.2. The van der Waals surface area contributed by atoms with Crippen LogP contribution in [0.4, 0.5) is 0 Å². The summed E-state index contributed by atoms with van der Waals surface area (Å²) in [6.45, 7) is 10.0. The summed E-state index contributed by atoms with van der Waals surface area (Å²) in [5, 5.41) is 4.72. The Balaban J connectivity index is 1.62. The van der Waals surface area contributed by atoms with Crippen molar-refractivity contribution in [3.05, 3.63) is 70.3 Å². The van der Waals surface area contributed by atoms with Crippen molar-refractivity contribution in [2.24, 2.45) is 5.10 Å². The molecule has 2 heterocycles. The van der Waals surface area contributed by atoms with E-state index in [0.717, 1.165) is 34.0 Å². The molecule has 0 aliphatic rings. The molecule has 0 saturated carbocycles. The van der Waals surface area contributed by atoms with Crippen molar-refractivity contribution in [3.63, 3.8) is 0 Å². The standard InChI is InChI=1S/C22H25N5OS/c1-14-6-8-20(9-7-14)27-17(4)11-19(18(27)5)12-23-26-21(28)13-29-22-24-15(2)10-16(3)25-22/h6-12H,13H2,1-5H3,(H,26,28)/b23-12+. The third-order valence-corrected chi connectivity index (χ3v) is 5.30. The monoisotopic (exact) mass is 407 g/mol. The van der Waals surface area contributed by atoms with Crippen molar-refractivity contribution in [1.29, 1.82) is 0 Å². The molecule has 1 N–H and O–H groups in total. The van der Waals surface area contributed by atoms with Gasteiger partial charge < -0.3 is 4.57 Å². The molecule has 6 nitrogen and oxygen atoms in total. The number of aryl methyl sites for hydroxylation is 4. The van der Waals surface area contributed by atoms with Crippen molar-refractivity contribution >= 4 is 23.9 Å². The van der Waals surface area contributed by atoms with Crippen LogP contribution in [0.3, 0.4) is 0 Å². The third-order valence-electron chi connectivity index (χ3n) is 4.45. The van der Waals surface area contributed by atoms with Gasteiger partial charge >= 0.3 is 0 Å². The molecule has 3 rings (SSSR count). The van der Waals surface area contributed by atoms with Gasteiger partial charge in [-0.05, 0) is 58.9 Å². The summed E-state index contributed by atoms with van der Waals surface area (Å²) >= 11 is 1.30. The molecule has 29 heavy (non-hydrogen) atoms. The van der Waals surface area contributed by atoms with Crippen LogP contribution in [0.2, 0.25) is 0 Å². The van der Waals surface area contributed by atoms with Crippen molar-refractivity contribution in [1.82, 2.24) is 20.0 Å². The topological polar surface area (TPSA) is 72.2 Å². The Hall–Kier alpha value is -2.93. The quantitative estimate of drug-likeness (QED) is 0.290. The van der Waals surface area contributed by atoms with Crippen molar-refractivity contribution < 1.29 is 4.79 Å². The number of carbonyl (C=O) groups excluding carboxylic acids is 1. The predicted octanol–water partition coefficient (Wildman–Crippen LogP) is 4.05. The van der Waals surface area contributed by atoms with Crippen LogP contribution in [-0.2, 0) is 4.79 Å². The smallest absolute Gasteiger partial charge is 0.250 e. The van der Waals surface area contributed by atoms with E-state index in [2.05, 4.69) is 69.2 Å². The minimum atomic E-state index is -0.193. The number of hydrogen-bond donors (Lipinski definition) is 1. The van der Waals surface area contributed by atoms with Crippen LogP contribution >= 0.6 is 11.8 Å². The molecule has 1 amide bonds. The molecule has 7 heteroatoms. The zero-order valence-corrected chi connectivity index (χ0v) is 18.2. The van der Waals surface area contributed by atoms with Crippen LogP contribution in [0.15, 0.2) is 46.7 Å². The molecule has 0 fully saturated rings. The molecule has 0 saturated heterocycles. The van der Waals surface area contributed by atoms with Crippen LogP contribution in [0, 0.1) is 34.6 Å². The maximum Gasteiger partial charge on any atom is 0.250 e. The number of benzene rings is 1. The van der Waals surface area contributed by atoms with Crippen LogP contribution in [0.5, 0.6) is 0 Å². The van der Waals surface area contributed by atoms with Gasteiger partial charge in [0, 0.05) is 34.0 Å². The maximum absolute atomic E-state index is 12.1. The predicted molar refractivity (Wildman–Crippen MR) is 118 cm³/mol. The number of amides is 1. The lowest BCUT2D eigenvalue weighted by molar-refractivity contribution is -0.118. The first-order chi connectivity index (χ1) is 13.8. The SMILES string of the molecule is Cc1ccc(-n2c(C)cc(/C=N/NC(=O)CSc3nc(C)cc(C)n3)c2C)cc1. The summed E-state index contributed by atoms with van der Waals surface area (Å²) in [7, 11) is 0. The highest BCUT2D eigenvalue weighted by molar-refractivity contribution is 7.99. The van der Waals surface area contributed by atoms with Crippen molar-refractivity contribution in [2.75, 3.05) is 5.75 Å². The van der Waals surface area contributed by atoms with Gasteiger partial charge in [-0.3, -0.25) is 4.79 Å². The Morgan fingerprint density at radius 3 is 2.38 bits per heavy atom. The Morgan fingerprint density at radius 1 is 1.07 bits per heavy atom. The fourth-order valence-electron chi connectivity index (χ4n) is 3.10. The summed E-state index contributed by atoms with van der Waals surface area (Å²) in [6.07, 6.45) is 1.68. The number of carbonyl (C=O) groups is 1. The molecule has 0 aliphatic heterocycles. The van der Waals surface area contributed by atoms with Gasteiger partial charge in [-0.2, -0.15) is 5.10 Å². The van der Waals surface area contributed by atoms with Gasteiger partial charge in [-0.15, -0.1) is 0 Å². The second-order valence-corrected chi connectivity index (χ2v) is 7.96. The molecule has 0 atom stereocenters. The maximum atomic E-state index is 12.1. The molecule has 1 aromatic carbocycles. The lowest BCUT2D eigenvalue weighted by Gasteiger charge is -2.09. The molecule has 3 aromatic rings. The summed E-state index contributed by atoms with van der Waals surface area (Å²) < 4.78 is 2.18. The summed E-state index contributed by atoms with van der Waals surface area (Å²) in [5.41, 5.74) is 9.85. The lowest BCUT2D eigenvalue weighted by Crippen LogP contribution is -2.19. The summed E-state index contributed by atoms with van der Waals surface area (Å²) in [5.74, 6) is 0.0177. The van der Waals surface area contributed by atoms with Crippen molar-refractivity contribution in [3.8, 4) is 5.69 Å². The molecular formula is C22H25N5OS. The van der Waals surface area contributed by atoms with Gasteiger partial charge in [0.25, 0.3) is 5.91 Å². The highest BCUT2D eigenvalue weighted by Crippen LogP contribution is 2.20. The second kappa shape index (κ2) is 9.05. The molecule has 2 aromatic heterocycles. The van der Waals surface area contributed by atoms with Gasteiger partial charge in [-0.25, -0.2) is 15.4 Å². The van der Waals surface area contributed by atoms with E-state index < -0.39 is 0 Å². The molecule has 0 aliphatic carbocycles. The lowest BCUT2D eigenvalue weighted by atomic mass is 10.2. The molecule has 150 valence electrons. The van der Waals surface area contributed by atoms with E-state index >= 15 is 0 Å². The van der Waals surface area contributed by atoms with Gasteiger partial charge in [-0.1, -0.05) is 29.5 Å². The Kier molecular flexibility index (Phi) is 6.49. The van der Waals surface area contributed by atoms with E-state index in [-0.39, 0.29) is 11.7 Å². The van der Waals surface area contributed by atoms with E-state index in [0.29, 0.717) is 5.16 Å². The minimum Gasteiger partial charge on any atom is -0.318 e. The fourth-order valence-corrected chi connectivity index (χ4v) is 3.85. The molecule has 0 unspecified atom stereocenters. The number of rotatable bonds is 6. The Bertz CT molecular complexity index is 1030. The second-order valence-electron chi connectivity index (χ2n) is 7.01. The summed E-state index contributed by atoms with van der Waals surface area (Å²) in [4.78, 5) is 20.7. The number of thioether (sulfide) groups is 1. The highest BCUT2D eigenvalue weighted by Gasteiger charge is 2.10. The van der Waals surface area contributed by atoms with Crippen LogP contribution in [0.25, 0.3) is 5.69 Å². The van der Waals surface area contributed by atoms with Crippen LogP contribution in [0.1, 0.15) is 33.9 Å². The first-order valence-corrected chi connectivity index (χ1v) is 10.3. The third kappa shape index (κ3) is 5.32. The van der Waals surface area contributed by atoms with Crippen LogP contribution in [-0.4, -0.2) is 32.4 Å². The first-order valence-electron chi connectivity index (χ1n) is 9.36. The average Bonchev–Trinajstić information content (AvgIpc) is 2.94. The fraction of sp³-hybridized carbons (Fsp3) is 0.273. The zero-order valence-electron chi connectivity index (χ0n) is 17.4. The van der Waals surface area contributed by atoms with Crippen molar-refractivity contribution in [2.45, 2.75) is 39.8 Å². The zero-order chi connectivity index (χ0) is 21.0. The van der Waals surface area contributed by atoms with Gasteiger partial charge in [0.05, 0.1) is 12.0 Å². The number of nitrogens with zero attached hydrogens (tertiary/aromatic N) is 4. The molecular weight excluding hydrogens is 382 g/mol. The number of aromatic nitrogens is 3. The van der Waals surface area contributed by atoms with E-state index in [1.54, 1.807) is 6.21 Å².